The van der Waals surface area contributed by atoms with Gasteiger partial charge in [0, 0.05) is 37.0 Å². The first-order chi connectivity index (χ1) is 14.1. The Labute approximate surface area is 172 Å². The van der Waals surface area contributed by atoms with E-state index in [0.29, 0.717) is 36.7 Å². The average molecular weight is 412 g/mol. The number of amides is 2. The van der Waals surface area contributed by atoms with Gasteiger partial charge in [0.05, 0.1) is 18.7 Å². The van der Waals surface area contributed by atoms with Crippen LogP contribution in [0.1, 0.15) is 21.6 Å². The van der Waals surface area contributed by atoms with Crippen molar-refractivity contribution in [2.75, 3.05) is 32.2 Å². The normalized spacial score (nSPS) is 13.0. The topological polar surface area (TPSA) is 105 Å². The fourth-order valence-corrected chi connectivity index (χ4v) is 4.09. The van der Waals surface area contributed by atoms with Gasteiger partial charge in [0.1, 0.15) is 17.7 Å². The highest BCUT2D eigenvalue weighted by Gasteiger charge is 2.28. The largest absolute Gasteiger partial charge is 0.447 e. The SMILES string of the molecule is COCCOC(=O)N1CCc2c(sc(NC(=O)C=Cc3cccnc3)c2C#N)C1. The number of carbonyl (C=O) groups is 2. The smallest absolute Gasteiger partial charge is 0.410 e. The van der Waals surface area contributed by atoms with Crippen LogP contribution < -0.4 is 5.32 Å². The number of thiophene rings is 1. The van der Waals surface area contributed by atoms with Crippen LogP contribution in [0.3, 0.4) is 0 Å². The van der Waals surface area contributed by atoms with E-state index in [1.54, 1.807) is 29.4 Å². The molecule has 2 aromatic rings. The first kappa shape index (κ1) is 20.5. The van der Waals surface area contributed by atoms with E-state index in [-0.39, 0.29) is 12.5 Å². The highest BCUT2D eigenvalue weighted by atomic mass is 32.1. The van der Waals surface area contributed by atoms with Crippen molar-refractivity contribution in [2.45, 2.75) is 13.0 Å². The van der Waals surface area contributed by atoms with Gasteiger partial charge in [0.15, 0.2) is 0 Å². The Morgan fingerprint density at radius 1 is 1.45 bits per heavy atom. The van der Waals surface area contributed by atoms with E-state index in [2.05, 4.69) is 16.4 Å². The number of nitriles is 1. The second-order valence-corrected chi connectivity index (χ2v) is 7.31. The monoisotopic (exact) mass is 412 g/mol. The lowest BCUT2D eigenvalue weighted by molar-refractivity contribution is -0.111. The van der Waals surface area contributed by atoms with Crippen LogP contribution in [0.25, 0.3) is 6.08 Å². The van der Waals surface area contributed by atoms with Gasteiger partial charge in [-0.15, -0.1) is 11.3 Å². The number of anilines is 1. The predicted molar refractivity (Wildman–Crippen MR) is 108 cm³/mol. The van der Waals surface area contributed by atoms with Crippen LogP contribution in [0, 0.1) is 11.3 Å². The number of carbonyl (C=O) groups excluding carboxylic acids is 2. The fraction of sp³-hybridized carbons (Fsp3) is 0.300. The van der Waals surface area contributed by atoms with E-state index in [1.807, 2.05) is 6.07 Å². The number of hydrogen-bond donors (Lipinski definition) is 1. The van der Waals surface area contributed by atoms with Crippen LogP contribution in [0.5, 0.6) is 0 Å². The quantitative estimate of drug-likeness (QED) is 0.578. The Bertz CT molecular complexity index is 949. The zero-order valence-corrected chi connectivity index (χ0v) is 16.7. The highest BCUT2D eigenvalue weighted by Crippen LogP contribution is 2.36. The molecule has 0 radical (unpaired) electrons. The maximum atomic E-state index is 12.3. The Kier molecular flexibility index (Phi) is 6.94. The lowest BCUT2D eigenvalue weighted by Gasteiger charge is -2.26. The van der Waals surface area contributed by atoms with Crippen molar-refractivity contribution >= 4 is 34.4 Å². The fourth-order valence-electron chi connectivity index (χ4n) is 2.87. The van der Waals surface area contributed by atoms with E-state index in [0.717, 1.165) is 16.0 Å². The molecule has 1 N–H and O–H groups in total. The van der Waals surface area contributed by atoms with Crippen LogP contribution in [-0.2, 0) is 27.2 Å². The lowest BCUT2D eigenvalue weighted by Crippen LogP contribution is -2.36. The van der Waals surface area contributed by atoms with Crippen molar-refractivity contribution in [3.8, 4) is 6.07 Å². The zero-order valence-electron chi connectivity index (χ0n) is 15.9. The van der Waals surface area contributed by atoms with Crippen LogP contribution in [0.4, 0.5) is 9.80 Å². The summed E-state index contributed by atoms with van der Waals surface area (Å²) in [5.41, 5.74) is 2.14. The van der Waals surface area contributed by atoms with Crippen LogP contribution in [-0.4, -0.2) is 48.8 Å². The second kappa shape index (κ2) is 9.82. The summed E-state index contributed by atoms with van der Waals surface area (Å²) in [6.07, 6.45) is 6.48. The maximum Gasteiger partial charge on any atom is 0.410 e. The molecular weight excluding hydrogens is 392 g/mol. The third kappa shape index (κ3) is 5.19. The molecule has 0 spiro atoms. The molecule has 2 aromatic heterocycles. The van der Waals surface area contributed by atoms with E-state index in [4.69, 9.17) is 9.47 Å². The third-order valence-electron chi connectivity index (χ3n) is 4.29. The van der Waals surface area contributed by atoms with E-state index in [9.17, 15) is 14.9 Å². The van der Waals surface area contributed by atoms with Gasteiger partial charge < -0.3 is 19.7 Å². The molecule has 150 valence electrons. The van der Waals surface area contributed by atoms with E-state index < -0.39 is 6.09 Å². The molecule has 8 nitrogen and oxygen atoms in total. The van der Waals surface area contributed by atoms with E-state index >= 15 is 0 Å². The van der Waals surface area contributed by atoms with E-state index in [1.165, 1.54) is 24.5 Å². The molecule has 0 aromatic carbocycles. The minimum absolute atomic E-state index is 0.192. The molecular formula is C20H20N4O4S. The number of methoxy groups -OCH3 is 1. The van der Waals surface area contributed by atoms with Crippen molar-refractivity contribution < 1.29 is 19.1 Å². The summed E-state index contributed by atoms with van der Waals surface area (Å²) < 4.78 is 10.0. The lowest BCUT2D eigenvalue weighted by atomic mass is 10.0. The Morgan fingerprint density at radius 3 is 3.03 bits per heavy atom. The number of aromatic nitrogens is 1. The maximum absolute atomic E-state index is 12.3. The Hall–Kier alpha value is -3.22. The Balaban J connectivity index is 1.68. The number of fused-ring (bicyclic) bond motifs is 1. The molecule has 9 heteroatoms. The molecule has 3 rings (SSSR count). The van der Waals surface area contributed by atoms with Crippen molar-refractivity contribution in [2.24, 2.45) is 0 Å². The average Bonchev–Trinajstić information content (AvgIpc) is 3.09. The van der Waals surface area contributed by atoms with Crippen molar-refractivity contribution in [3.05, 3.63) is 52.2 Å². The number of hydrogen-bond acceptors (Lipinski definition) is 7. The number of nitrogens with zero attached hydrogens (tertiary/aromatic N) is 3. The first-order valence-corrected chi connectivity index (χ1v) is 9.78. The summed E-state index contributed by atoms with van der Waals surface area (Å²) >= 11 is 1.31. The molecule has 29 heavy (non-hydrogen) atoms. The van der Waals surface area contributed by atoms with Gasteiger partial charge in [-0.05, 0) is 29.7 Å². The van der Waals surface area contributed by atoms with Gasteiger partial charge in [-0.2, -0.15) is 5.26 Å². The standard InChI is InChI=1S/C20H20N4O4S/c1-27-9-10-28-20(26)24-8-6-15-16(11-21)19(29-17(15)13-24)23-18(25)5-4-14-3-2-7-22-12-14/h2-5,7,12H,6,8-10,13H2,1H3,(H,23,25). The van der Waals surface area contributed by atoms with Gasteiger partial charge in [-0.1, -0.05) is 6.07 Å². The van der Waals surface area contributed by atoms with Crippen molar-refractivity contribution in [1.82, 2.24) is 9.88 Å². The molecule has 0 saturated heterocycles. The number of rotatable bonds is 6. The van der Waals surface area contributed by atoms with Crippen LogP contribution in [0.15, 0.2) is 30.6 Å². The Morgan fingerprint density at radius 2 is 2.31 bits per heavy atom. The minimum Gasteiger partial charge on any atom is -0.447 e. The molecule has 0 bridgehead atoms. The van der Waals surface area contributed by atoms with Gasteiger partial charge in [0.2, 0.25) is 5.91 Å². The van der Waals surface area contributed by atoms with Gasteiger partial charge in [-0.3, -0.25) is 9.78 Å². The molecule has 0 saturated carbocycles. The molecule has 0 aliphatic carbocycles. The number of nitrogens with one attached hydrogen (secondary N) is 1. The highest BCUT2D eigenvalue weighted by molar-refractivity contribution is 7.16. The summed E-state index contributed by atoms with van der Waals surface area (Å²) in [6, 6.07) is 5.80. The molecule has 0 unspecified atom stereocenters. The summed E-state index contributed by atoms with van der Waals surface area (Å²) in [5, 5.41) is 12.8. The molecule has 0 fully saturated rings. The molecule has 2 amide bonds. The molecule has 1 aliphatic heterocycles. The van der Waals surface area contributed by atoms with Crippen LogP contribution in [0.2, 0.25) is 0 Å². The second-order valence-electron chi connectivity index (χ2n) is 6.21. The molecule has 1 aliphatic rings. The molecule has 0 atom stereocenters. The van der Waals surface area contributed by atoms with Crippen LogP contribution >= 0.6 is 11.3 Å². The van der Waals surface area contributed by atoms with Gasteiger partial charge >= 0.3 is 6.09 Å². The third-order valence-corrected chi connectivity index (χ3v) is 5.42. The summed E-state index contributed by atoms with van der Waals surface area (Å²) in [4.78, 5) is 30.9. The summed E-state index contributed by atoms with van der Waals surface area (Å²) in [5.74, 6) is -0.334. The summed E-state index contributed by atoms with van der Waals surface area (Å²) in [6.45, 7) is 1.34. The first-order valence-electron chi connectivity index (χ1n) is 8.96. The van der Waals surface area contributed by atoms with Crippen molar-refractivity contribution in [3.63, 3.8) is 0 Å². The number of pyridine rings is 1. The number of ether oxygens (including phenoxy) is 2. The van der Waals surface area contributed by atoms with Crippen molar-refractivity contribution in [1.29, 1.82) is 5.26 Å². The van der Waals surface area contributed by atoms with Gasteiger partial charge in [0.25, 0.3) is 0 Å². The zero-order chi connectivity index (χ0) is 20.6. The minimum atomic E-state index is -0.412. The molecule has 3 heterocycles. The summed E-state index contributed by atoms with van der Waals surface area (Å²) in [7, 11) is 1.54. The van der Waals surface area contributed by atoms with Gasteiger partial charge in [-0.25, -0.2) is 4.79 Å². The predicted octanol–water partition coefficient (Wildman–Crippen LogP) is 2.81.